The molecule has 31 heavy (non-hydrogen) atoms. The maximum Gasteiger partial charge on any atom is 0.337 e. The highest BCUT2D eigenvalue weighted by molar-refractivity contribution is 7.98. The Morgan fingerprint density at radius 1 is 1.16 bits per heavy atom. The van der Waals surface area contributed by atoms with Crippen molar-refractivity contribution in [3.63, 3.8) is 0 Å². The largest absolute Gasteiger partial charge is 0.465 e. The molecule has 0 amide bonds. The number of methoxy groups -OCH3 is 1. The van der Waals surface area contributed by atoms with Crippen LogP contribution in [0.3, 0.4) is 0 Å². The lowest BCUT2D eigenvalue weighted by Gasteiger charge is -2.13. The minimum atomic E-state index is -0.455. The second-order valence-electron chi connectivity index (χ2n) is 6.96. The molecule has 0 aliphatic heterocycles. The first-order chi connectivity index (χ1) is 15.0. The van der Waals surface area contributed by atoms with Gasteiger partial charge in [-0.15, -0.1) is 11.3 Å². The number of ether oxygens (including phenoxy) is 1. The van der Waals surface area contributed by atoms with Gasteiger partial charge in [-0.3, -0.25) is 9.36 Å². The van der Waals surface area contributed by atoms with Crippen LogP contribution in [0.15, 0.2) is 63.9 Å². The molecule has 8 heteroatoms. The molecule has 0 unspecified atom stereocenters. The summed E-state index contributed by atoms with van der Waals surface area (Å²) in [6, 6.07) is 14.9. The third kappa shape index (κ3) is 4.86. The van der Waals surface area contributed by atoms with Gasteiger partial charge in [0.2, 0.25) is 0 Å². The van der Waals surface area contributed by atoms with Gasteiger partial charge in [0.15, 0.2) is 5.16 Å². The molecule has 158 valence electrons. The maximum absolute atomic E-state index is 13.3. The number of carbonyl (C=O) groups excluding carboxylic acids is 1. The zero-order valence-corrected chi connectivity index (χ0v) is 18.8. The predicted molar refractivity (Wildman–Crippen MR) is 124 cm³/mol. The van der Waals surface area contributed by atoms with Gasteiger partial charge in [-0.1, -0.05) is 42.1 Å². The molecule has 0 spiro atoms. The van der Waals surface area contributed by atoms with Crippen molar-refractivity contribution in [3.05, 3.63) is 86.1 Å². The highest BCUT2D eigenvalue weighted by Gasteiger charge is 2.15. The first-order valence-electron chi connectivity index (χ1n) is 9.76. The molecule has 0 aliphatic carbocycles. The van der Waals surface area contributed by atoms with E-state index in [0.717, 1.165) is 22.7 Å². The van der Waals surface area contributed by atoms with Gasteiger partial charge in [-0.25, -0.2) is 14.8 Å². The van der Waals surface area contributed by atoms with E-state index >= 15 is 0 Å². The van der Waals surface area contributed by atoms with E-state index < -0.39 is 5.97 Å². The summed E-state index contributed by atoms with van der Waals surface area (Å²) in [5, 5.41) is 4.12. The summed E-state index contributed by atoms with van der Waals surface area (Å²) < 4.78 is 6.52. The van der Waals surface area contributed by atoms with Gasteiger partial charge in [-0.2, -0.15) is 0 Å². The van der Waals surface area contributed by atoms with E-state index in [0.29, 0.717) is 33.9 Å². The predicted octanol–water partition coefficient (Wildman–Crippen LogP) is 4.48. The van der Waals surface area contributed by atoms with Crippen molar-refractivity contribution in [1.29, 1.82) is 0 Å². The molecule has 0 radical (unpaired) electrons. The summed E-state index contributed by atoms with van der Waals surface area (Å²) in [7, 11) is 1.33. The molecular weight excluding hydrogens is 430 g/mol. The summed E-state index contributed by atoms with van der Waals surface area (Å²) in [6.07, 6.45) is 0.720. The van der Waals surface area contributed by atoms with Crippen molar-refractivity contribution >= 4 is 40.0 Å². The van der Waals surface area contributed by atoms with Crippen LogP contribution in [0.4, 0.5) is 0 Å². The number of fused-ring (bicyclic) bond motifs is 1. The number of aryl methyl sites for hydroxylation is 2. The van der Waals surface area contributed by atoms with Crippen molar-refractivity contribution in [1.82, 2.24) is 14.5 Å². The smallest absolute Gasteiger partial charge is 0.337 e. The van der Waals surface area contributed by atoms with Gasteiger partial charge >= 0.3 is 5.97 Å². The normalized spacial score (nSPS) is 11.0. The van der Waals surface area contributed by atoms with Crippen molar-refractivity contribution in [2.75, 3.05) is 7.11 Å². The van der Waals surface area contributed by atoms with E-state index in [4.69, 9.17) is 9.72 Å². The second-order valence-corrected chi connectivity index (χ2v) is 8.96. The monoisotopic (exact) mass is 451 g/mol. The molecule has 6 nitrogen and oxygen atoms in total. The van der Waals surface area contributed by atoms with Crippen LogP contribution in [-0.2, 0) is 23.5 Å². The highest BCUT2D eigenvalue weighted by Crippen LogP contribution is 2.24. The number of nitrogens with zero attached hydrogens (tertiary/aromatic N) is 3. The van der Waals surface area contributed by atoms with Crippen molar-refractivity contribution in [3.8, 4) is 0 Å². The molecule has 4 aromatic rings. The minimum absolute atomic E-state index is 0.116. The van der Waals surface area contributed by atoms with E-state index in [2.05, 4.69) is 4.98 Å². The lowest BCUT2D eigenvalue weighted by atomic mass is 10.1. The molecule has 4 rings (SSSR count). The fourth-order valence-electron chi connectivity index (χ4n) is 3.25. The van der Waals surface area contributed by atoms with Gasteiger partial charge in [-0.05, 0) is 37.1 Å². The van der Waals surface area contributed by atoms with E-state index in [9.17, 15) is 9.59 Å². The Balaban J connectivity index is 1.72. The maximum atomic E-state index is 13.3. The Morgan fingerprint density at radius 2 is 1.97 bits per heavy atom. The van der Waals surface area contributed by atoms with Crippen LogP contribution in [0.2, 0.25) is 0 Å². The van der Waals surface area contributed by atoms with Crippen LogP contribution in [0.25, 0.3) is 10.9 Å². The molecule has 0 saturated heterocycles. The van der Waals surface area contributed by atoms with E-state index in [1.54, 1.807) is 34.1 Å². The second kappa shape index (κ2) is 9.45. The summed E-state index contributed by atoms with van der Waals surface area (Å²) in [5.74, 6) is 0.161. The summed E-state index contributed by atoms with van der Waals surface area (Å²) >= 11 is 3.08. The molecule has 0 fully saturated rings. The SMILES string of the molecule is COC(=O)c1ccc2c(=O)n(CCc3ccccc3)c(SCc3csc(C)n3)nc2c1. The molecule has 2 aromatic heterocycles. The standard InChI is InChI=1S/C23H21N3O3S2/c1-15-24-18(13-30-15)14-31-23-25-20-12-17(22(28)29-2)8-9-19(20)21(27)26(23)11-10-16-6-4-3-5-7-16/h3-9,12-13H,10-11,14H2,1-2H3. The topological polar surface area (TPSA) is 74.1 Å². The van der Waals surface area contributed by atoms with Crippen molar-refractivity contribution in [2.24, 2.45) is 0 Å². The molecule has 0 saturated carbocycles. The lowest BCUT2D eigenvalue weighted by molar-refractivity contribution is 0.0601. The molecule has 0 atom stereocenters. The summed E-state index contributed by atoms with van der Waals surface area (Å²) in [5.41, 5.74) is 2.85. The average Bonchev–Trinajstić information content (AvgIpc) is 3.22. The molecule has 0 aliphatic rings. The Morgan fingerprint density at radius 3 is 2.68 bits per heavy atom. The van der Waals surface area contributed by atoms with E-state index in [-0.39, 0.29) is 5.56 Å². The van der Waals surface area contributed by atoms with Gasteiger partial charge in [0.25, 0.3) is 5.56 Å². The number of thioether (sulfide) groups is 1. The zero-order chi connectivity index (χ0) is 21.8. The average molecular weight is 452 g/mol. The van der Waals surface area contributed by atoms with Crippen LogP contribution in [0.5, 0.6) is 0 Å². The van der Waals surface area contributed by atoms with Gasteiger partial charge in [0, 0.05) is 17.7 Å². The number of thiazole rings is 1. The van der Waals surface area contributed by atoms with Crippen LogP contribution < -0.4 is 5.56 Å². The number of benzene rings is 2. The Bertz CT molecular complexity index is 1280. The molecule has 2 aromatic carbocycles. The molecule has 0 N–H and O–H groups in total. The van der Waals surface area contributed by atoms with Gasteiger partial charge in [0.1, 0.15) is 0 Å². The number of esters is 1. The van der Waals surface area contributed by atoms with Crippen LogP contribution in [0.1, 0.15) is 26.6 Å². The Hall–Kier alpha value is -2.97. The number of aromatic nitrogens is 3. The first-order valence-corrected chi connectivity index (χ1v) is 11.6. The lowest BCUT2D eigenvalue weighted by Crippen LogP contribution is -2.24. The number of rotatable bonds is 7. The third-order valence-electron chi connectivity index (χ3n) is 4.82. The van der Waals surface area contributed by atoms with Crippen LogP contribution >= 0.6 is 23.1 Å². The van der Waals surface area contributed by atoms with E-state index in [1.807, 2.05) is 42.6 Å². The molecule has 0 bridgehead atoms. The van der Waals surface area contributed by atoms with E-state index in [1.165, 1.54) is 18.9 Å². The van der Waals surface area contributed by atoms with Gasteiger partial charge in [0.05, 0.1) is 34.3 Å². The Kier molecular flexibility index (Phi) is 6.48. The number of hydrogen-bond acceptors (Lipinski definition) is 7. The zero-order valence-electron chi connectivity index (χ0n) is 17.2. The quantitative estimate of drug-likeness (QED) is 0.234. The first kappa shape index (κ1) is 21.3. The third-order valence-corrected chi connectivity index (χ3v) is 6.66. The fourth-order valence-corrected chi connectivity index (χ4v) is 4.89. The van der Waals surface area contributed by atoms with Crippen LogP contribution in [0, 0.1) is 6.92 Å². The summed E-state index contributed by atoms with van der Waals surface area (Å²) in [6.45, 7) is 2.49. The highest BCUT2D eigenvalue weighted by atomic mass is 32.2. The van der Waals surface area contributed by atoms with Gasteiger partial charge < -0.3 is 4.74 Å². The number of carbonyl (C=O) groups is 1. The van der Waals surface area contributed by atoms with Crippen molar-refractivity contribution in [2.45, 2.75) is 30.8 Å². The van der Waals surface area contributed by atoms with Crippen molar-refractivity contribution < 1.29 is 9.53 Å². The summed E-state index contributed by atoms with van der Waals surface area (Å²) in [4.78, 5) is 34.5. The van der Waals surface area contributed by atoms with Crippen LogP contribution in [-0.4, -0.2) is 27.6 Å². The fraction of sp³-hybridized carbons (Fsp3) is 0.217. The minimum Gasteiger partial charge on any atom is -0.465 e. The molecular formula is C23H21N3O3S2. The Labute approximate surface area is 187 Å². The number of hydrogen-bond donors (Lipinski definition) is 0. The molecule has 2 heterocycles.